The van der Waals surface area contributed by atoms with Crippen molar-refractivity contribution in [1.82, 2.24) is 10.2 Å². The predicted molar refractivity (Wildman–Crippen MR) is 147 cm³/mol. The number of carbonyl (C=O) groups is 2. The number of rotatable bonds is 7. The quantitative estimate of drug-likeness (QED) is 0.454. The van der Waals surface area contributed by atoms with Gasteiger partial charge in [-0.1, -0.05) is 35.9 Å². The third kappa shape index (κ3) is 5.11. The molecule has 0 aromatic heterocycles. The first-order chi connectivity index (χ1) is 18.3. The van der Waals surface area contributed by atoms with Crippen LogP contribution in [0.5, 0.6) is 0 Å². The van der Waals surface area contributed by atoms with Crippen LogP contribution in [0, 0.1) is 13.8 Å². The largest absolute Gasteiger partial charge is 0.352 e. The highest BCUT2D eigenvalue weighted by molar-refractivity contribution is 7.91. The van der Waals surface area contributed by atoms with Crippen molar-refractivity contribution >= 4 is 27.3 Å². The van der Waals surface area contributed by atoms with E-state index in [2.05, 4.69) is 10.2 Å². The Bertz CT molecular complexity index is 1490. The number of sulfone groups is 1. The van der Waals surface area contributed by atoms with Crippen molar-refractivity contribution in [1.29, 1.82) is 0 Å². The summed E-state index contributed by atoms with van der Waals surface area (Å²) in [6.45, 7) is 7.85. The lowest BCUT2D eigenvalue weighted by Gasteiger charge is -2.24. The highest BCUT2D eigenvalue weighted by Crippen LogP contribution is 2.38. The summed E-state index contributed by atoms with van der Waals surface area (Å²) in [7, 11) is -3.99. The minimum absolute atomic E-state index is 0.0196. The maximum absolute atomic E-state index is 13.8. The van der Waals surface area contributed by atoms with Crippen LogP contribution in [0.15, 0.2) is 70.5 Å². The Morgan fingerprint density at radius 3 is 2.47 bits per heavy atom. The van der Waals surface area contributed by atoms with Crippen LogP contribution in [0.2, 0.25) is 0 Å². The summed E-state index contributed by atoms with van der Waals surface area (Å²) in [4.78, 5) is 30.8. The second kappa shape index (κ2) is 10.7. The number of nitrogens with zero attached hydrogens (tertiary/aromatic N) is 2. The summed E-state index contributed by atoms with van der Waals surface area (Å²) >= 11 is 0. The van der Waals surface area contributed by atoms with E-state index >= 15 is 0 Å². The molecule has 0 aliphatic carbocycles. The molecule has 1 saturated heterocycles. The fourth-order valence-corrected chi connectivity index (χ4v) is 6.94. The number of benzene rings is 3. The first-order valence-electron chi connectivity index (χ1n) is 13.1. The van der Waals surface area contributed by atoms with Crippen LogP contribution in [-0.4, -0.2) is 51.3 Å². The lowest BCUT2D eigenvalue weighted by Crippen LogP contribution is -2.31. The molecule has 3 aromatic carbocycles. The molecular weight excluding hydrogens is 498 g/mol. The van der Waals surface area contributed by atoms with E-state index in [-0.39, 0.29) is 33.5 Å². The third-order valence-corrected chi connectivity index (χ3v) is 9.27. The van der Waals surface area contributed by atoms with E-state index in [1.807, 2.05) is 32.0 Å². The molecule has 1 N–H and O–H groups in total. The SMILES string of the molecule is Cc1ccc(CN2C(=O)c3ccccc3S(=O)(=O)c3ccc(C(=O)NCCCN4CCCC4)cc32)c(C)c1. The molecule has 3 aromatic rings. The van der Waals surface area contributed by atoms with Crippen LogP contribution in [0.4, 0.5) is 5.69 Å². The summed E-state index contributed by atoms with van der Waals surface area (Å²) in [6.07, 6.45) is 3.30. The standard InChI is InChI=1S/C30H33N3O4S/c1-21-10-11-24(22(2)18-21)20-33-26-19-23(29(34)31-14-7-17-32-15-5-6-16-32)12-13-28(26)38(36,37)27-9-4-3-8-25(27)30(33)35/h3-4,8-13,18-19H,5-7,14-17,20H2,1-2H3,(H,31,34). The zero-order chi connectivity index (χ0) is 26.9. The van der Waals surface area contributed by atoms with Crippen molar-refractivity contribution in [2.75, 3.05) is 31.1 Å². The molecule has 2 aliphatic heterocycles. The number of nitrogens with one attached hydrogen (secondary N) is 1. The first kappa shape index (κ1) is 26.1. The second-order valence-electron chi connectivity index (χ2n) is 10.2. The van der Waals surface area contributed by atoms with Crippen LogP contribution in [-0.2, 0) is 16.4 Å². The van der Waals surface area contributed by atoms with Gasteiger partial charge in [-0.25, -0.2) is 8.42 Å². The zero-order valence-corrected chi connectivity index (χ0v) is 22.7. The van der Waals surface area contributed by atoms with E-state index in [9.17, 15) is 18.0 Å². The van der Waals surface area contributed by atoms with Gasteiger partial charge in [0.1, 0.15) is 0 Å². The number of fused-ring (bicyclic) bond motifs is 2. The van der Waals surface area contributed by atoms with Gasteiger partial charge in [0.2, 0.25) is 9.84 Å². The van der Waals surface area contributed by atoms with Crippen molar-refractivity contribution in [3.8, 4) is 0 Å². The highest BCUT2D eigenvalue weighted by Gasteiger charge is 2.36. The molecular formula is C30H33N3O4S. The van der Waals surface area contributed by atoms with Gasteiger partial charge in [-0.2, -0.15) is 0 Å². The molecule has 1 fully saturated rings. The lowest BCUT2D eigenvalue weighted by atomic mass is 10.0. The Morgan fingerprint density at radius 1 is 0.947 bits per heavy atom. The predicted octanol–water partition coefficient (Wildman–Crippen LogP) is 4.51. The molecule has 0 saturated carbocycles. The van der Waals surface area contributed by atoms with Crippen molar-refractivity contribution < 1.29 is 18.0 Å². The minimum atomic E-state index is -3.99. The molecule has 5 rings (SSSR count). The molecule has 2 aliphatic rings. The van der Waals surface area contributed by atoms with Crippen molar-refractivity contribution in [3.05, 3.63) is 88.5 Å². The van der Waals surface area contributed by atoms with Crippen LogP contribution in [0.25, 0.3) is 0 Å². The first-order valence-corrected chi connectivity index (χ1v) is 14.6. The molecule has 0 bridgehead atoms. The molecule has 0 unspecified atom stereocenters. The minimum Gasteiger partial charge on any atom is -0.352 e. The molecule has 0 atom stereocenters. The van der Waals surface area contributed by atoms with Gasteiger partial charge in [0, 0.05) is 12.1 Å². The number of amides is 2. The van der Waals surface area contributed by atoms with E-state index in [0.29, 0.717) is 12.1 Å². The van der Waals surface area contributed by atoms with Gasteiger partial charge in [0.05, 0.1) is 27.6 Å². The topological polar surface area (TPSA) is 86.8 Å². The Morgan fingerprint density at radius 2 is 1.71 bits per heavy atom. The molecule has 198 valence electrons. The molecule has 2 heterocycles. The average molecular weight is 532 g/mol. The van der Waals surface area contributed by atoms with Crippen LogP contribution in [0.1, 0.15) is 56.7 Å². The highest BCUT2D eigenvalue weighted by atomic mass is 32.2. The number of likely N-dealkylation sites (tertiary alicyclic amines) is 1. The van der Waals surface area contributed by atoms with Gasteiger partial charge in [0.15, 0.2) is 0 Å². The molecule has 0 radical (unpaired) electrons. The van der Waals surface area contributed by atoms with Gasteiger partial charge in [0.25, 0.3) is 11.8 Å². The Labute approximate surface area is 224 Å². The maximum Gasteiger partial charge on any atom is 0.259 e. The maximum atomic E-state index is 13.8. The number of hydrogen-bond acceptors (Lipinski definition) is 5. The van der Waals surface area contributed by atoms with Crippen molar-refractivity contribution in [3.63, 3.8) is 0 Å². The van der Waals surface area contributed by atoms with Gasteiger partial charge >= 0.3 is 0 Å². The van der Waals surface area contributed by atoms with Gasteiger partial charge in [-0.3, -0.25) is 9.59 Å². The smallest absolute Gasteiger partial charge is 0.259 e. The van der Waals surface area contributed by atoms with Crippen LogP contribution < -0.4 is 10.2 Å². The van der Waals surface area contributed by atoms with E-state index < -0.39 is 15.7 Å². The van der Waals surface area contributed by atoms with Gasteiger partial charge in [-0.15, -0.1) is 0 Å². The fourth-order valence-electron chi connectivity index (χ4n) is 5.31. The van der Waals surface area contributed by atoms with Crippen LogP contribution in [0.3, 0.4) is 0 Å². The number of carbonyl (C=O) groups excluding carboxylic acids is 2. The van der Waals surface area contributed by atoms with Crippen molar-refractivity contribution in [2.24, 2.45) is 0 Å². The average Bonchev–Trinajstić information content (AvgIpc) is 3.41. The van der Waals surface area contributed by atoms with Gasteiger partial charge in [-0.05, 0) is 94.2 Å². The fraction of sp³-hybridized carbons (Fsp3) is 0.333. The van der Waals surface area contributed by atoms with E-state index in [4.69, 9.17) is 0 Å². The Kier molecular flexibility index (Phi) is 7.36. The molecule has 38 heavy (non-hydrogen) atoms. The lowest BCUT2D eigenvalue weighted by molar-refractivity contribution is 0.0948. The summed E-state index contributed by atoms with van der Waals surface area (Å²) in [5.74, 6) is -0.696. The second-order valence-corrected chi connectivity index (χ2v) is 12.0. The molecule has 7 nitrogen and oxygen atoms in total. The molecule has 2 amide bonds. The van der Waals surface area contributed by atoms with E-state index in [1.54, 1.807) is 18.2 Å². The molecule has 8 heteroatoms. The number of hydrogen-bond donors (Lipinski definition) is 1. The summed E-state index contributed by atoms with van der Waals surface area (Å²) in [6, 6.07) is 16.8. The summed E-state index contributed by atoms with van der Waals surface area (Å²) < 4.78 is 27.4. The van der Waals surface area contributed by atoms with Gasteiger partial charge < -0.3 is 15.1 Å². The van der Waals surface area contributed by atoms with E-state index in [1.165, 1.54) is 42.0 Å². The van der Waals surface area contributed by atoms with Crippen molar-refractivity contribution in [2.45, 2.75) is 49.4 Å². The number of aryl methyl sites for hydroxylation is 2. The third-order valence-electron chi connectivity index (χ3n) is 7.42. The normalized spacial score (nSPS) is 16.6. The Balaban J connectivity index is 1.49. The van der Waals surface area contributed by atoms with E-state index in [0.717, 1.165) is 42.7 Å². The summed E-state index contributed by atoms with van der Waals surface area (Å²) in [5, 5.41) is 2.96. The zero-order valence-electron chi connectivity index (χ0n) is 21.9. The van der Waals surface area contributed by atoms with Crippen LogP contribution >= 0.6 is 0 Å². The summed E-state index contributed by atoms with van der Waals surface area (Å²) in [5.41, 5.74) is 3.68. The monoisotopic (exact) mass is 531 g/mol. The number of anilines is 1. The molecule has 0 spiro atoms. The Hall–Kier alpha value is -3.49.